The predicted octanol–water partition coefficient (Wildman–Crippen LogP) is 4.61. The normalized spacial score (nSPS) is 27.3. The van der Waals surface area contributed by atoms with Crippen molar-refractivity contribution in [1.29, 1.82) is 0 Å². The molecular weight excluding hydrogens is 368 g/mol. The number of rotatable bonds is 5. The van der Waals surface area contributed by atoms with Gasteiger partial charge in [0, 0.05) is 10.5 Å². The number of hydrogen-bond donors (Lipinski definition) is 1. The Bertz CT molecular complexity index is 596. The fraction of sp³-hybridized carbons (Fsp3) is 0.588. The van der Waals surface area contributed by atoms with Crippen LogP contribution < -0.4 is 10.1 Å². The third-order valence-corrected chi connectivity index (χ3v) is 5.69. The lowest BCUT2D eigenvalue weighted by atomic mass is 9.84. The molecule has 0 spiro atoms. The maximum atomic E-state index is 12.5. The number of halogens is 3. The van der Waals surface area contributed by atoms with Crippen molar-refractivity contribution in [2.45, 2.75) is 45.3 Å². The Kier molecular flexibility index (Phi) is 4.90. The highest BCUT2D eigenvalue weighted by atomic mass is 79.9. The van der Waals surface area contributed by atoms with Gasteiger partial charge in [-0.15, -0.1) is 0 Å². The molecule has 4 unspecified atom stereocenters. The summed E-state index contributed by atoms with van der Waals surface area (Å²) in [6, 6.07) is 4.51. The zero-order valence-electron chi connectivity index (χ0n) is 12.9. The molecule has 23 heavy (non-hydrogen) atoms. The van der Waals surface area contributed by atoms with Gasteiger partial charge < -0.3 is 10.1 Å². The second-order valence-electron chi connectivity index (χ2n) is 6.62. The summed E-state index contributed by atoms with van der Waals surface area (Å²) in [5.74, 6) is 1.52. The number of amides is 1. The van der Waals surface area contributed by atoms with Crippen LogP contribution in [0.15, 0.2) is 22.7 Å². The van der Waals surface area contributed by atoms with E-state index in [0.717, 1.165) is 12.3 Å². The molecule has 1 amide bonds. The van der Waals surface area contributed by atoms with Crippen LogP contribution in [0, 0.1) is 17.8 Å². The first-order chi connectivity index (χ1) is 10.9. The number of hydrogen-bond acceptors (Lipinski definition) is 2. The number of fused-ring (bicyclic) bond motifs is 2. The predicted molar refractivity (Wildman–Crippen MR) is 86.6 cm³/mol. The molecule has 3 rings (SSSR count). The van der Waals surface area contributed by atoms with Crippen molar-refractivity contribution in [3.63, 3.8) is 0 Å². The minimum atomic E-state index is -2.95. The van der Waals surface area contributed by atoms with Crippen LogP contribution in [0.3, 0.4) is 0 Å². The Morgan fingerprint density at radius 2 is 2.13 bits per heavy atom. The molecule has 6 heteroatoms. The molecule has 2 aliphatic carbocycles. The van der Waals surface area contributed by atoms with Crippen LogP contribution in [0.2, 0.25) is 0 Å². The van der Waals surface area contributed by atoms with E-state index in [4.69, 9.17) is 0 Å². The van der Waals surface area contributed by atoms with Gasteiger partial charge >= 0.3 is 6.61 Å². The molecule has 2 saturated carbocycles. The quantitative estimate of drug-likeness (QED) is 0.801. The van der Waals surface area contributed by atoms with Crippen LogP contribution in [0.5, 0.6) is 5.75 Å². The molecular formula is C17H20BrF2NO2. The molecule has 4 atom stereocenters. The highest BCUT2D eigenvalue weighted by Crippen LogP contribution is 2.49. The second-order valence-corrected chi connectivity index (χ2v) is 7.54. The van der Waals surface area contributed by atoms with Gasteiger partial charge in [0.15, 0.2) is 0 Å². The summed E-state index contributed by atoms with van der Waals surface area (Å²) in [6.07, 6.45) is 4.97. The maximum Gasteiger partial charge on any atom is 0.387 e. The molecule has 0 aromatic heterocycles. The zero-order chi connectivity index (χ0) is 16.6. The van der Waals surface area contributed by atoms with Gasteiger partial charge in [-0.05, 0) is 62.1 Å². The Labute approximate surface area is 142 Å². The van der Waals surface area contributed by atoms with E-state index in [-0.39, 0.29) is 23.3 Å². The van der Waals surface area contributed by atoms with Crippen LogP contribution in [-0.4, -0.2) is 18.6 Å². The Hall–Kier alpha value is -1.17. The summed E-state index contributed by atoms with van der Waals surface area (Å²) in [6.45, 7) is -0.944. The Balaban J connectivity index is 1.71. The van der Waals surface area contributed by atoms with Gasteiger partial charge in [0.25, 0.3) is 5.91 Å². The van der Waals surface area contributed by atoms with Gasteiger partial charge in [0.05, 0.1) is 5.56 Å². The first kappa shape index (κ1) is 16.7. The number of carbonyl (C=O) groups excluding carboxylic acids is 1. The molecule has 0 radical (unpaired) electrons. The van der Waals surface area contributed by atoms with E-state index in [9.17, 15) is 13.6 Å². The fourth-order valence-electron chi connectivity index (χ4n) is 4.18. The SMILES string of the molecule is CC(NC(=O)c1cc(Br)ccc1OC(F)F)C1CC2CCC1C2. The summed E-state index contributed by atoms with van der Waals surface area (Å²) < 4.78 is 30.1. The minimum Gasteiger partial charge on any atom is -0.434 e. The first-order valence-corrected chi connectivity index (χ1v) is 8.78. The minimum absolute atomic E-state index is 0.0381. The van der Waals surface area contributed by atoms with Crippen LogP contribution in [0.1, 0.15) is 43.0 Å². The van der Waals surface area contributed by atoms with Crippen molar-refractivity contribution < 1.29 is 18.3 Å². The second kappa shape index (κ2) is 6.75. The molecule has 0 heterocycles. The monoisotopic (exact) mass is 387 g/mol. The lowest BCUT2D eigenvalue weighted by Crippen LogP contribution is -2.40. The molecule has 1 N–H and O–H groups in total. The molecule has 126 valence electrons. The number of benzene rings is 1. The highest BCUT2D eigenvalue weighted by Gasteiger charge is 2.42. The number of alkyl halides is 2. The Morgan fingerprint density at radius 3 is 2.74 bits per heavy atom. The third-order valence-electron chi connectivity index (χ3n) is 5.20. The third kappa shape index (κ3) is 3.67. The lowest BCUT2D eigenvalue weighted by Gasteiger charge is -2.28. The van der Waals surface area contributed by atoms with E-state index in [2.05, 4.69) is 26.0 Å². The largest absolute Gasteiger partial charge is 0.434 e. The summed E-state index contributed by atoms with van der Waals surface area (Å²) in [7, 11) is 0. The summed E-state index contributed by atoms with van der Waals surface area (Å²) in [5.41, 5.74) is 0.134. The smallest absolute Gasteiger partial charge is 0.387 e. The van der Waals surface area contributed by atoms with Crippen molar-refractivity contribution >= 4 is 21.8 Å². The standard InChI is InChI=1S/C17H20BrF2NO2/c1-9(13-7-10-2-3-11(13)6-10)21-16(22)14-8-12(18)4-5-15(14)23-17(19)20/h4-5,8-11,13,17H,2-3,6-7H2,1H3,(H,21,22). The van der Waals surface area contributed by atoms with Crippen LogP contribution in [0.4, 0.5) is 8.78 Å². The summed E-state index contributed by atoms with van der Waals surface area (Å²) in [4.78, 5) is 12.5. The van der Waals surface area contributed by atoms with E-state index >= 15 is 0 Å². The fourth-order valence-corrected chi connectivity index (χ4v) is 4.54. The molecule has 0 saturated heterocycles. The van der Waals surface area contributed by atoms with Crippen LogP contribution in [-0.2, 0) is 0 Å². The van der Waals surface area contributed by atoms with Crippen molar-refractivity contribution in [3.8, 4) is 5.75 Å². The molecule has 3 nitrogen and oxygen atoms in total. The van der Waals surface area contributed by atoms with E-state index in [1.54, 1.807) is 6.07 Å². The van der Waals surface area contributed by atoms with Gasteiger partial charge in [0.2, 0.25) is 0 Å². The van der Waals surface area contributed by atoms with Crippen molar-refractivity contribution in [2.75, 3.05) is 0 Å². The van der Waals surface area contributed by atoms with E-state index in [0.29, 0.717) is 16.3 Å². The Morgan fingerprint density at radius 1 is 1.35 bits per heavy atom. The number of nitrogens with one attached hydrogen (secondary N) is 1. The van der Waals surface area contributed by atoms with E-state index in [1.165, 1.54) is 31.4 Å². The van der Waals surface area contributed by atoms with Crippen molar-refractivity contribution in [1.82, 2.24) is 5.32 Å². The molecule has 1 aromatic rings. The molecule has 0 aliphatic heterocycles. The maximum absolute atomic E-state index is 12.5. The zero-order valence-corrected chi connectivity index (χ0v) is 14.5. The van der Waals surface area contributed by atoms with Crippen LogP contribution in [0.25, 0.3) is 0 Å². The van der Waals surface area contributed by atoms with Gasteiger partial charge in [0.1, 0.15) is 5.75 Å². The highest BCUT2D eigenvalue weighted by molar-refractivity contribution is 9.10. The topological polar surface area (TPSA) is 38.3 Å². The summed E-state index contributed by atoms with van der Waals surface area (Å²) >= 11 is 3.27. The van der Waals surface area contributed by atoms with E-state index < -0.39 is 6.61 Å². The van der Waals surface area contributed by atoms with Crippen LogP contribution >= 0.6 is 15.9 Å². The van der Waals surface area contributed by atoms with Gasteiger partial charge in [-0.25, -0.2) is 0 Å². The van der Waals surface area contributed by atoms with Gasteiger partial charge in [-0.3, -0.25) is 4.79 Å². The van der Waals surface area contributed by atoms with Gasteiger partial charge in [-0.2, -0.15) is 8.78 Å². The molecule has 2 bridgehead atoms. The van der Waals surface area contributed by atoms with Gasteiger partial charge in [-0.1, -0.05) is 22.4 Å². The molecule has 2 fully saturated rings. The van der Waals surface area contributed by atoms with Crippen molar-refractivity contribution in [3.05, 3.63) is 28.2 Å². The average molecular weight is 388 g/mol. The summed E-state index contributed by atoms with van der Waals surface area (Å²) in [5, 5.41) is 2.98. The number of carbonyl (C=O) groups is 1. The van der Waals surface area contributed by atoms with E-state index in [1.807, 2.05) is 6.92 Å². The first-order valence-electron chi connectivity index (χ1n) is 7.99. The molecule has 2 aliphatic rings. The lowest BCUT2D eigenvalue weighted by molar-refractivity contribution is -0.0501. The molecule has 1 aromatic carbocycles. The number of ether oxygens (including phenoxy) is 1. The van der Waals surface area contributed by atoms with Crippen molar-refractivity contribution in [2.24, 2.45) is 17.8 Å². The average Bonchev–Trinajstić information content (AvgIpc) is 3.11.